The molecule has 1 N–H and O–H groups in total. The van der Waals surface area contributed by atoms with E-state index in [-0.39, 0.29) is 11.9 Å². The molecule has 0 aliphatic carbocycles. The molecule has 2 rings (SSSR count). The lowest BCUT2D eigenvalue weighted by atomic mass is 10.4. The third-order valence-electron chi connectivity index (χ3n) is 3.14. The van der Waals surface area contributed by atoms with Crippen molar-refractivity contribution in [1.29, 1.82) is 0 Å². The van der Waals surface area contributed by atoms with Crippen LogP contribution in [0.25, 0.3) is 0 Å². The van der Waals surface area contributed by atoms with Crippen molar-refractivity contribution in [2.75, 3.05) is 31.5 Å². The van der Waals surface area contributed by atoms with E-state index in [0.717, 1.165) is 6.42 Å². The first-order valence-electron chi connectivity index (χ1n) is 6.38. The summed E-state index contributed by atoms with van der Waals surface area (Å²) in [6.07, 6.45) is 4.07. The SMILES string of the molecule is CC(=O)N1CCCN(C(=O)Nc2cccnc2)CC1. The van der Waals surface area contributed by atoms with Crippen LogP contribution >= 0.6 is 0 Å². The molecular formula is C13H18N4O2. The number of hydrogen-bond donors (Lipinski definition) is 1. The maximum absolute atomic E-state index is 12.1. The summed E-state index contributed by atoms with van der Waals surface area (Å²) in [5, 5.41) is 2.80. The number of nitrogens with zero attached hydrogens (tertiary/aromatic N) is 3. The van der Waals surface area contributed by atoms with Gasteiger partial charge in [0.05, 0.1) is 11.9 Å². The number of hydrogen-bond acceptors (Lipinski definition) is 3. The molecule has 0 radical (unpaired) electrons. The van der Waals surface area contributed by atoms with Gasteiger partial charge in [0.15, 0.2) is 0 Å². The van der Waals surface area contributed by atoms with E-state index >= 15 is 0 Å². The van der Waals surface area contributed by atoms with E-state index in [1.807, 2.05) is 0 Å². The van der Waals surface area contributed by atoms with Crippen molar-refractivity contribution >= 4 is 17.6 Å². The topological polar surface area (TPSA) is 65.5 Å². The molecule has 3 amide bonds. The van der Waals surface area contributed by atoms with E-state index in [0.29, 0.717) is 31.9 Å². The second-order valence-electron chi connectivity index (χ2n) is 4.52. The zero-order valence-electron chi connectivity index (χ0n) is 11.0. The fourth-order valence-electron chi connectivity index (χ4n) is 2.07. The number of carbonyl (C=O) groups excluding carboxylic acids is 2. The summed E-state index contributed by atoms with van der Waals surface area (Å²) < 4.78 is 0. The first-order valence-corrected chi connectivity index (χ1v) is 6.38. The van der Waals surface area contributed by atoms with Gasteiger partial charge in [-0.2, -0.15) is 0 Å². The average Bonchev–Trinajstić information content (AvgIpc) is 2.65. The standard InChI is InChI=1S/C13H18N4O2/c1-11(18)16-6-3-7-17(9-8-16)13(19)15-12-4-2-5-14-10-12/h2,4-5,10H,3,6-9H2,1H3,(H,15,19). The molecule has 1 aromatic heterocycles. The second kappa shape index (κ2) is 6.17. The fourth-order valence-corrected chi connectivity index (χ4v) is 2.07. The van der Waals surface area contributed by atoms with Crippen LogP contribution in [0.5, 0.6) is 0 Å². The van der Waals surface area contributed by atoms with Crippen LogP contribution in [0, 0.1) is 0 Å². The number of nitrogens with one attached hydrogen (secondary N) is 1. The molecule has 6 nitrogen and oxygen atoms in total. The Morgan fingerprint density at radius 1 is 1.21 bits per heavy atom. The van der Waals surface area contributed by atoms with Crippen molar-refractivity contribution in [3.05, 3.63) is 24.5 Å². The Morgan fingerprint density at radius 2 is 1.95 bits per heavy atom. The number of anilines is 1. The molecule has 0 aromatic carbocycles. The third-order valence-corrected chi connectivity index (χ3v) is 3.14. The van der Waals surface area contributed by atoms with Gasteiger partial charge in [-0.3, -0.25) is 9.78 Å². The Hall–Kier alpha value is -2.11. The number of carbonyl (C=O) groups is 2. The van der Waals surface area contributed by atoms with Gasteiger partial charge in [-0.05, 0) is 18.6 Å². The monoisotopic (exact) mass is 262 g/mol. The van der Waals surface area contributed by atoms with Crippen LogP contribution in [-0.4, -0.2) is 52.9 Å². The van der Waals surface area contributed by atoms with Crippen molar-refractivity contribution in [2.24, 2.45) is 0 Å². The predicted molar refractivity (Wildman–Crippen MR) is 71.7 cm³/mol. The maximum Gasteiger partial charge on any atom is 0.321 e. The molecule has 0 unspecified atom stereocenters. The van der Waals surface area contributed by atoms with E-state index in [1.165, 1.54) is 0 Å². The lowest BCUT2D eigenvalue weighted by molar-refractivity contribution is -0.128. The highest BCUT2D eigenvalue weighted by molar-refractivity contribution is 5.89. The maximum atomic E-state index is 12.1. The third kappa shape index (κ3) is 3.67. The molecule has 1 saturated heterocycles. The summed E-state index contributed by atoms with van der Waals surface area (Å²) in [7, 11) is 0. The van der Waals surface area contributed by atoms with Gasteiger partial charge in [0.1, 0.15) is 0 Å². The summed E-state index contributed by atoms with van der Waals surface area (Å²) in [6, 6.07) is 3.43. The Bertz CT molecular complexity index is 449. The van der Waals surface area contributed by atoms with Crippen LogP contribution < -0.4 is 5.32 Å². The van der Waals surface area contributed by atoms with Gasteiger partial charge >= 0.3 is 6.03 Å². The lowest BCUT2D eigenvalue weighted by Gasteiger charge is -2.21. The molecular weight excluding hydrogens is 244 g/mol. The molecule has 6 heteroatoms. The summed E-state index contributed by atoms with van der Waals surface area (Å²) in [5.74, 6) is 0.0644. The van der Waals surface area contributed by atoms with Crippen LogP contribution in [0.3, 0.4) is 0 Å². The Morgan fingerprint density at radius 3 is 2.63 bits per heavy atom. The molecule has 1 aliphatic rings. The molecule has 1 aliphatic heterocycles. The van der Waals surface area contributed by atoms with Crippen molar-refractivity contribution < 1.29 is 9.59 Å². The Balaban J connectivity index is 1.91. The molecule has 1 fully saturated rings. The van der Waals surface area contributed by atoms with Gasteiger partial charge < -0.3 is 15.1 Å². The normalized spacial score (nSPS) is 15.8. The molecule has 0 saturated carbocycles. The Kier molecular flexibility index (Phi) is 4.33. The molecule has 102 valence electrons. The largest absolute Gasteiger partial charge is 0.341 e. The van der Waals surface area contributed by atoms with Crippen LogP contribution in [0.2, 0.25) is 0 Å². The second-order valence-corrected chi connectivity index (χ2v) is 4.52. The van der Waals surface area contributed by atoms with Gasteiger partial charge in [-0.25, -0.2) is 4.79 Å². The van der Waals surface area contributed by atoms with Crippen LogP contribution in [0.15, 0.2) is 24.5 Å². The van der Waals surface area contributed by atoms with Crippen molar-refractivity contribution in [3.8, 4) is 0 Å². The molecule has 19 heavy (non-hydrogen) atoms. The lowest BCUT2D eigenvalue weighted by Crippen LogP contribution is -2.38. The van der Waals surface area contributed by atoms with E-state index in [9.17, 15) is 9.59 Å². The van der Waals surface area contributed by atoms with Crippen LogP contribution in [-0.2, 0) is 4.79 Å². The van der Waals surface area contributed by atoms with E-state index in [2.05, 4.69) is 10.3 Å². The van der Waals surface area contributed by atoms with Crippen LogP contribution in [0.1, 0.15) is 13.3 Å². The zero-order chi connectivity index (χ0) is 13.7. The fraction of sp³-hybridized carbons (Fsp3) is 0.462. The molecule has 0 bridgehead atoms. The Labute approximate surface area is 112 Å². The highest BCUT2D eigenvalue weighted by Crippen LogP contribution is 2.08. The minimum absolute atomic E-state index is 0.0644. The smallest absolute Gasteiger partial charge is 0.321 e. The first-order chi connectivity index (χ1) is 9.16. The molecule has 0 spiro atoms. The molecule has 0 atom stereocenters. The average molecular weight is 262 g/mol. The van der Waals surface area contributed by atoms with Gasteiger partial charge in [0.25, 0.3) is 0 Å². The minimum Gasteiger partial charge on any atom is -0.341 e. The van der Waals surface area contributed by atoms with Gasteiger partial charge in [0.2, 0.25) is 5.91 Å². The van der Waals surface area contributed by atoms with E-state index < -0.39 is 0 Å². The summed E-state index contributed by atoms with van der Waals surface area (Å²) in [4.78, 5) is 30.9. The summed E-state index contributed by atoms with van der Waals surface area (Å²) in [5.41, 5.74) is 0.681. The minimum atomic E-state index is -0.140. The highest BCUT2D eigenvalue weighted by atomic mass is 16.2. The molecule has 2 heterocycles. The predicted octanol–water partition coefficient (Wildman–Crippen LogP) is 1.17. The van der Waals surface area contributed by atoms with Crippen molar-refractivity contribution in [3.63, 3.8) is 0 Å². The van der Waals surface area contributed by atoms with E-state index in [4.69, 9.17) is 0 Å². The number of aromatic nitrogens is 1. The number of rotatable bonds is 1. The number of amides is 3. The van der Waals surface area contributed by atoms with Gasteiger partial charge in [-0.15, -0.1) is 0 Å². The first kappa shape index (κ1) is 13.3. The summed E-state index contributed by atoms with van der Waals surface area (Å²) >= 11 is 0. The zero-order valence-corrected chi connectivity index (χ0v) is 11.0. The summed E-state index contributed by atoms with van der Waals surface area (Å²) in [6.45, 7) is 4.09. The highest BCUT2D eigenvalue weighted by Gasteiger charge is 2.20. The van der Waals surface area contributed by atoms with E-state index in [1.54, 1.807) is 41.2 Å². The van der Waals surface area contributed by atoms with Gasteiger partial charge in [0, 0.05) is 39.3 Å². The molecule has 1 aromatic rings. The number of urea groups is 1. The van der Waals surface area contributed by atoms with Crippen molar-refractivity contribution in [2.45, 2.75) is 13.3 Å². The quantitative estimate of drug-likeness (QED) is 0.826. The number of pyridine rings is 1. The van der Waals surface area contributed by atoms with Crippen LogP contribution in [0.4, 0.5) is 10.5 Å². The van der Waals surface area contributed by atoms with Crippen molar-refractivity contribution in [1.82, 2.24) is 14.8 Å². The van der Waals surface area contributed by atoms with Gasteiger partial charge in [-0.1, -0.05) is 0 Å².